The van der Waals surface area contributed by atoms with Crippen molar-refractivity contribution in [1.82, 2.24) is 0 Å². The number of fused-ring (bicyclic) bond motifs is 3. The lowest BCUT2D eigenvalue weighted by atomic mass is 9.88. The fourth-order valence-corrected chi connectivity index (χ4v) is 3.55. The maximum Gasteiger partial charge on any atom is 0.338 e. The number of rotatable bonds is 8. The molecule has 1 aliphatic rings. The summed E-state index contributed by atoms with van der Waals surface area (Å²) in [5, 5.41) is 4.10. The van der Waals surface area contributed by atoms with Gasteiger partial charge in [0, 0.05) is 11.1 Å². The maximum absolute atomic E-state index is 11.8. The molecule has 1 saturated heterocycles. The van der Waals surface area contributed by atoms with Gasteiger partial charge in [-0.1, -0.05) is 37.4 Å². The molecule has 6 nitrogen and oxygen atoms in total. The average molecular weight is 446 g/mol. The van der Waals surface area contributed by atoms with Crippen LogP contribution in [0.4, 0.5) is 0 Å². The van der Waals surface area contributed by atoms with Crippen molar-refractivity contribution < 1.29 is 28.5 Å². The van der Waals surface area contributed by atoms with E-state index < -0.39 is 11.9 Å². The third kappa shape index (κ3) is 4.91. The summed E-state index contributed by atoms with van der Waals surface area (Å²) in [7, 11) is 0. The SMILES string of the molecule is C=C(C)C(=O)OCC1(COc2ccc3c(ccc4cc(OC(=O)C(=C)C)ccc43)c2)COC1. The molecular weight excluding hydrogens is 420 g/mol. The van der Waals surface area contributed by atoms with E-state index in [0.717, 1.165) is 27.3 Å². The Hall–Kier alpha value is -3.64. The van der Waals surface area contributed by atoms with Crippen LogP contribution in [-0.4, -0.2) is 38.4 Å². The topological polar surface area (TPSA) is 71.1 Å². The fourth-order valence-electron chi connectivity index (χ4n) is 3.55. The van der Waals surface area contributed by atoms with Gasteiger partial charge in [-0.25, -0.2) is 9.59 Å². The van der Waals surface area contributed by atoms with Crippen molar-refractivity contribution in [2.45, 2.75) is 13.8 Å². The minimum Gasteiger partial charge on any atom is -0.493 e. The Labute approximate surface area is 192 Å². The summed E-state index contributed by atoms with van der Waals surface area (Å²) in [6, 6.07) is 15.5. The molecule has 0 spiro atoms. The Kier molecular flexibility index (Phi) is 6.20. The number of hydrogen-bond acceptors (Lipinski definition) is 6. The highest BCUT2D eigenvalue weighted by Gasteiger charge is 2.41. The van der Waals surface area contributed by atoms with E-state index in [2.05, 4.69) is 13.2 Å². The minimum absolute atomic E-state index is 0.231. The molecule has 1 aliphatic heterocycles. The summed E-state index contributed by atoms with van der Waals surface area (Å²) in [5.74, 6) is 0.360. The number of ether oxygens (including phenoxy) is 4. The molecule has 0 aliphatic carbocycles. The predicted molar refractivity (Wildman–Crippen MR) is 126 cm³/mol. The van der Waals surface area contributed by atoms with E-state index >= 15 is 0 Å². The first-order chi connectivity index (χ1) is 15.8. The van der Waals surface area contributed by atoms with Crippen LogP contribution >= 0.6 is 0 Å². The van der Waals surface area contributed by atoms with Gasteiger partial charge in [0.05, 0.1) is 18.6 Å². The van der Waals surface area contributed by atoms with Crippen molar-refractivity contribution in [3.63, 3.8) is 0 Å². The van der Waals surface area contributed by atoms with Crippen molar-refractivity contribution in [2.24, 2.45) is 5.41 Å². The van der Waals surface area contributed by atoms with Crippen LogP contribution in [0, 0.1) is 5.41 Å². The van der Waals surface area contributed by atoms with E-state index in [4.69, 9.17) is 18.9 Å². The van der Waals surface area contributed by atoms with Crippen LogP contribution in [-0.2, 0) is 19.1 Å². The van der Waals surface area contributed by atoms with E-state index in [-0.39, 0.29) is 12.0 Å². The summed E-state index contributed by atoms with van der Waals surface area (Å²) in [6.45, 7) is 12.0. The van der Waals surface area contributed by atoms with E-state index in [1.807, 2.05) is 42.5 Å². The molecule has 6 heteroatoms. The largest absolute Gasteiger partial charge is 0.493 e. The number of benzene rings is 3. The van der Waals surface area contributed by atoms with Crippen LogP contribution in [0.3, 0.4) is 0 Å². The van der Waals surface area contributed by atoms with Gasteiger partial charge in [0.2, 0.25) is 0 Å². The molecule has 1 fully saturated rings. The maximum atomic E-state index is 11.8. The van der Waals surface area contributed by atoms with Crippen LogP contribution in [0.25, 0.3) is 21.5 Å². The van der Waals surface area contributed by atoms with Crippen LogP contribution in [0.2, 0.25) is 0 Å². The van der Waals surface area contributed by atoms with E-state index in [1.165, 1.54) is 0 Å². The van der Waals surface area contributed by atoms with Gasteiger partial charge in [0.25, 0.3) is 0 Å². The van der Waals surface area contributed by atoms with Gasteiger partial charge >= 0.3 is 11.9 Å². The first kappa shape index (κ1) is 22.6. The summed E-state index contributed by atoms with van der Waals surface area (Å²) >= 11 is 0. The van der Waals surface area contributed by atoms with E-state index in [0.29, 0.717) is 36.7 Å². The molecule has 0 radical (unpaired) electrons. The first-order valence-corrected chi connectivity index (χ1v) is 10.6. The smallest absolute Gasteiger partial charge is 0.338 e. The lowest BCUT2D eigenvalue weighted by molar-refractivity contribution is -0.174. The third-order valence-electron chi connectivity index (χ3n) is 5.56. The quantitative estimate of drug-likeness (QED) is 0.210. The summed E-state index contributed by atoms with van der Waals surface area (Å²) in [4.78, 5) is 23.5. The zero-order chi connectivity index (χ0) is 23.6. The highest BCUT2D eigenvalue weighted by molar-refractivity contribution is 6.08. The van der Waals surface area contributed by atoms with Crippen molar-refractivity contribution in [2.75, 3.05) is 26.4 Å². The standard InChI is InChI=1S/C27H26O6/c1-17(2)25(28)32-16-27(13-30-14-27)15-31-21-7-9-23-19(11-21)5-6-20-12-22(8-10-24(20)23)33-26(29)18(3)4/h5-12H,1,3,13-16H2,2,4H3. The summed E-state index contributed by atoms with van der Waals surface area (Å²) < 4.78 is 22.1. The lowest BCUT2D eigenvalue weighted by Crippen LogP contribution is -2.51. The zero-order valence-corrected chi connectivity index (χ0v) is 18.8. The third-order valence-corrected chi connectivity index (χ3v) is 5.56. The molecule has 0 amide bonds. The Bertz CT molecular complexity index is 1270. The van der Waals surface area contributed by atoms with Crippen molar-refractivity contribution in [3.05, 3.63) is 72.8 Å². The molecule has 0 bridgehead atoms. The molecule has 0 unspecified atom stereocenters. The summed E-state index contributed by atoms with van der Waals surface area (Å²) in [5.41, 5.74) is 0.376. The molecule has 1 heterocycles. The number of carbonyl (C=O) groups excluding carboxylic acids is 2. The molecule has 0 saturated carbocycles. The second-order valence-corrected chi connectivity index (χ2v) is 8.64. The molecule has 4 rings (SSSR count). The van der Waals surface area contributed by atoms with Crippen LogP contribution in [0.15, 0.2) is 72.8 Å². The Morgan fingerprint density at radius 3 is 1.97 bits per heavy atom. The van der Waals surface area contributed by atoms with Gasteiger partial charge in [-0.15, -0.1) is 0 Å². The molecule has 3 aromatic rings. The van der Waals surface area contributed by atoms with E-state index in [1.54, 1.807) is 19.9 Å². The second-order valence-electron chi connectivity index (χ2n) is 8.64. The molecule has 170 valence electrons. The molecule has 0 aromatic heterocycles. The van der Waals surface area contributed by atoms with Crippen LogP contribution < -0.4 is 9.47 Å². The first-order valence-electron chi connectivity index (χ1n) is 10.6. The molecule has 33 heavy (non-hydrogen) atoms. The Morgan fingerprint density at radius 1 is 0.848 bits per heavy atom. The van der Waals surface area contributed by atoms with E-state index in [9.17, 15) is 9.59 Å². The van der Waals surface area contributed by atoms with Crippen molar-refractivity contribution in [3.8, 4) is 11.5 Å². The van der Waals surface area contributed by atoms with Crippen LogP contribution in [0.1, 0.15) is 13.8 Å². The van der Waals surface area contributed by atoms with Crippen LogP contribution in [0.5, 0.6) is 11.5 Å². The van der Waals surface area contributed by atoms with Gasteiger partial charge in [-0.05, 0) is 59.7 Å². The molecule has 3 aromatic carbocycles. The van der Waals surface area contributed by atoms with Crippen molar-refractivity contribution in [1.29, 1.82) is 0 Å². The fraction of sp³-hybridized carbons (Fsp3) is 0.259. The second kappa shape index (κ2) is 9.08. The number of esters is 2. The summed E-state index contributed by atoms with van der Waals surface area (Å²) in [6.07, 6.45) is 0. The molecule has 0 atom stereocenters. The predicted octanol–water partition coefficient (Wildman–Crippen LogP) is 4.99. The molecule has 0 N–H and O–H groups in total. The zero-order valence-electron chi connectivity index (χ0n) is 18.8. The van der Waals surface area contributed by atoms with Crippen molar-refractivity contribution >= 4 is 33.5 Å². The van der Waals surface area contributed by atoms with Gasteiger partial charge in [-0.3, -0.25) is 0 Å². The van der Waals surface area contributed by atoms with Gasteiger partial charge < -0.3 is 18.9 Å². The molecular formula is C27H26O6. The lowest BCUT2D eigenvalue weighted by Gasteiger charge is -2.40. The monoisotopic (exact) mass is 446 g/mol. The average Bonchev–Trinajstić information content (AvgIpc) is 2.77. The Morgan fingerprint density at radius 2 is 1.42 bits per heavy atom. The minimum atomic E-state index is -0.444. The Balaban J connectivity index is 1.49. The van der Waals surface area contributed by atoms with Gasteiger partial charge in [-0.2, -0.15) is 0 Å². The highest BCUT2D eigenvalue weighted by atomic mass is 16.6. The number of carbonyl (C=O) groups is 2. The normalized spacial score (nSPS) is 14.4. The van der Waals surface area contributed by atoms with Gasteiger partial charge in [0.1, 0.15) is 24.7 Å². The highest BCUT2D eigenvalue weighted by Crippen LogP contribution is 2.33. The van der Waals surface area contributed by atoms with Gasteiger partial charge in [0.15, 0.2) is 0 Å². The number of hydrogen-bond donors (Lipinski definition) is 0.